The van der Waals surface area contributed by atoms with Crippen LogP contribution in [-0.4, -0.2) is 13.7 Å². The molecule has 2 atom stereocenters. The SMILES string of the molecule is CCCC(C)C(NC)c1ccc(OCC)c(Br)c1. The molecular weight excluding hydrogens is 290 g/mol. The lowest BCUT2D eigenvalue weighted by atomic mass is 9.91. The second-order valence-electron chi connectivity index (χ2n) is 4.66. The van der Waals surface area contributed by atoms with Crippen LogP contribution < -0.4 is 10.1 Å². The Morgan fingerprint density at radius 2 is 2.06 bits per heavy atom. The van der Waals surface area contributed by atoms with E-state index in [1.165, 1.54) is 18.4 Å². The Morgan fingerprint density at radius 1 is 1.33 bits per heavy atom. The fraction of sp³-hybridized carbons (Fsp3) is 0.600. The van der Waals surface area contributed by atoms with Crippen LogP contribution in [-0.2, 0) is 0 Å². The monoisotopic (exact) mass is 313 g/mol. The van der Waals surface area contributed by atoms with E-state index in [0.717, 1.165) is 10.2 Å². The van der Waals surface area contributed by atoms with Crippen LogP contribution in [0, 0.1) is 5.92 Å². The van der Waals surface area contributed by atoms with Gasteiger partial charge in [0.25, 0.3) is 0 Å². The summed E-state index contributed by atoms with van der Waals surface area (Å²) in [6.07, 6.45) is 2.45. The maximum absolute atomic E-state index is 5.55. The molecule has 0 amide bonds. The Morgan fingerprint density at radius 3 is 2.56 bits per heavy atom. The largest absolute Gasteiger partial charge is 0.493 e. The standard InChI is InChI=1S/C15H24BrNO/c1-5-7-11(3)15(17-4)12-8-9-14(18-6-2)13(16)10-12/h8-11,15,17H,5-7H2,1-4H3. The molecule has 0 aliphatic rings. The molecule has 0 aromatic heterocycles. The van der Waals surface area contributed by atoms with Crippen molar-refractivity contribution in [3.05, 3.63) is 28.2 Å². The van der Waals surface area contributed by atoms with Gasteiger partial charge in [0, 0.05) is 6.04 Å². The van der Waals surface area contributed by atoms with Gasteiger partial charge in [0.05, 0.1) is 11.1 Å². The minimum absolute atomic E-state index is 0.400. The lowest BCUT2D eigenvalue weighted by molar-refractivity contribution is 0.337. The molecule has 1 rings (SSSR count). The fourth-order valence-electron chi connectivity index (χ4n) is 2.38. The molecule has 3 heteroatoms. The topological polar surface area (TPSA) is 21.3 Å². The molecule has 1 aromatic rings. The Kier molecular flexibility index (Phi) is 6.72. The predicted molar refractivity (Wildman–Crippen MR) is 81.2 cm³/mol. The van der Waals surface area contributed by atoms with Gasteiger partial charge in [-0.05, 0) is 59.9 Å². The van der Waals surface area contributed by atoms with Crippen molar-refractivity contribution in [3.8, 4) is 5.75 Å². The summed E-state index contributed by atoms with van der Waals surface area (Å²) in [7, 11) is 2.03. The molecule has 0 saturated heterocycles. The third-order valence-corrected chi connectivity index (χ3v) is 3.86. The van der Waals surface area contributed by atoms with E-state index in [4.69, 9.17) is 4.74 Å². The molecular formula is C15H24BrNO. The van der Waals surface area contributed by atoms with Gasteiger partial charge in [0.15, 0.2) is 0 Å². The molecule has 102 valence electrons. The molecule has 2 nitrogen and oxygen atoms in total. The molecule has 1 N–H and O–H groups in total. The first-order chi connectivity index (χ1) is 8.63. The van der Waals surface area contributed by atoms with Gasteiger partial charge in [-0.1, -0.05) is 26.3 Å². The summed E-state index contributed by atoms with van der Waals surface area (Å²) in [5, 5.41) is 3.42. The second-order valence-corrected chi connectivity index (χ2v) is 5.51. The molecule has 0 bridgehead atoms. The molecule has 0 heterocycles. The molecule has 0 fully saturated rings. The first kappa shape index (κ1) is 15.5. The van der Waals surface area contributed by atoms with E-state index in [1.54, 1.807) is 0 Å². The quantitative estimate of drug-likeness (QED) is 0.797. The van der Waals surface area contributed by atoms with Crippen LogP contribution in [0.25, 0.3) is 0 Å². The Bertz CT molecular complexity index is 368. The highest BCUT2D eigenvalue weighted by Gasteiger charge is 2.17. The van der Waals surface area contributed by atoms with Crippen LogP contribution in [0.2, 0.25) is 0 Å². The highest BCUT2D eigenvalue weighted by Crippen LogP contribution is 2.32. The molecule has 0 aliphatic heterocycles. The van der Waals surface area contributed by atoms with Gasteiger partial charge >= 0.3 is 0 Å². The maximum Gasteiger partial charge on any atom is 0.133 e. The first-order valence-electron chi connectivity index (χ1n) is 6.73. The summed E-state index contributed by atoms with van der Waals surface area (Å²) in [6, 6.07) is 6.77. The van der Waals surface area contributed by atoms with E-state index < -0.39 is 0 Å². The van der Waals surface area contributed by atoms with Crippen LogP contribution in [0.15, 0.2) is 22.7 Å². The van der Waals surface area contributed by atoms with Gasteiger partial charge in [-0.3, -0.25) is 0 Å². The number of ether oxygens (including phenoxy) is 1. The fourth-order valence-corrected chi connectivity index (χ4v) is 2.90. The molecule has 0 saturated carbocycles. The molecule has 0 aliphatic carbocycles. The van der Waals surface area contributed by atoms with Crippen molar-refractivity contribution in [3.63, 3.8) is 0 Å². The van der Waals surface area contributed by atoms with Crippen LogP contribution in [0.4, 0.5) is 0 Å². The summed E-state index contributed by atoms with van der Waals surface area (Å²) >= 11 is 3.58. The number of hydrogen-bond acceptors (Lipinski definition) is 2. The van der Waals surface area contributed by atoms with Crippen molar-refractivity contribution in [1.29, 1.82) is 0 Å². The van der Waals surface area contributed by atoms with Crippen LogP contribution in [0.5, 0.6) is 5.75 Å². The lowest BCUT2D eigenvalue weighted by Gasteiger charge is -2.24. The zero-order chi connectivity index (χ0) is 13.5. The maximum atomic E-state index is 5.55. The molecule has 18 heavy (non-hydrogen) atoms. The van der Waals surface area contributed by atoms with Gasteiger partial charge in [-0.25, -0.2) is 0 Å². The molecule has 1 aromatic carbocycles. The van der Waals surface area contributed by atoms with Gasteiger partial charge in [0.2, 0.25) is 0 Å². The predicted octanol–water partition coefficient (Wildman–Crippen LogP) is 4.54. The van der Waals surface area contributed by atoms with Crippen molar-refractivity contribution in [1.82, 2.24) is 5.32 Å². The lowest BCUT2D eigenvalue weighted by Crippen LogP contribution is -2.23. The summed E-state index contributed by atoms with van der Waals surface area (Å²) < 4.78 is 6.58. The average molecular weight is 314 g/mol. The highest BCUT2D eigenvalue weighted by molar-refractivity contribution is 9.10. The van der Waals surface area contributed by atoms with Crippen molar-refractivity contribution in [2.75, 3.05) is 13.7 Å². The van der Waals surface area contributed by atoms with Crippen molar-refractivity contribution in [2.45, 2.75) is 39.7 Å². The summed E-state index contributed by atoms with van der Waals surface area (Å²) in [5.74, 6) is 1.55. The minimum atomic E-state index is 0.400. The first-order valence-corrected chi connectivity index (χ1v) is 7.52. The van der Waals surface area contributed by atoms with Crippen molar-refractivity contribution in [2.24, 2.45) is 5.92 Å². The van der Waals surface area contributed by atoms with E-state index in [0.29, 0.717) is 18.6 Å². The Balaban J connectivity index is 2.90. The van der Waals surface area contributed by atoms with Gasteiger partial charge in [-0.15, -0.1) is 0 Å². The van der Waals surface area contributed by atoms with Crippen molar-refractivity contribution >= 4 is 15.9 Å². The average Bonchev–Trinajstić information content (AvgIpc) is 2.34. The number of benzene rings is 1. The number of rotatable bonds is 7. The van der Waals surface area contributed by atoms with Crippen molar-refractivity contribution < 1.29 is 4.74 Å². The Labute approximate surface area is 119 Å². The van der Waals surface area contributed by atoms with Gasteiger partial charge < -0.3 is 10.1 Å². The normalized spacial score (nSPS) is 14.3. The van der Waals surface area contributed by atoms with Gasteiger partial charge in [-0.2, -0.15) is 0 Å². The van der Waals surface area contributed by atoms with Crippen LogP contribution >= 0.6 is 15.9 Å². The Hall–Kier alpha value is -0.540. The van der Waals surface area contributed by atoms with E-state index >= 15 is 0 Å². The van der Waals surface area contributed by atoms with E-state index in [9.17, 15) is 0 Å². The smallest absolute Gasteiger partial charge is 0.133 e. The number of halogens is 1. The third-order valence-electron chi connectivity index (χ3n) is 3.24. The summed E-state index contributed by atoms with van der Waals surface area (Å²) in [4.78, 5) is 0. The third kappa shape index (κ3) is 3.99. The molecule has 0 spiro atoms. The zero-order valence-electron chi connectivity index (χ0n) is 11.8. The molecule has 0 radical (unpaired) electrons. The van der Waals surface area contributed by atoms with Crippen LogP contribution in [0.3, 0.4) is 0 Å². The summed E-state index contributed by atoms with van der Waals surface area (Å²) in [5.41, 5.74) is 1.31. The zero-order valence-corrected chi connectivity index (χ0v) is 13.4. The highest BCUT2D eigenvalue weighted by atomic mass is 79.9. The van der Waals surface area contributed by atoms with Crippen LogP contribution in [0.1, 0.15) is 45.2 Å². The van der Waals surface area contributed by atoms with E-state index in [1.807, 2.05) is 20.0 Å². The number of hydrogen-bond donors (Lipinski definition) is 1. The second kappa shape index (κ2) is 7.80. The minimum Gasteiger partial charge on any atom is -0.493 e. The van der Waals surface area contributed by atoms with E-state index in [-0.39, 0.29) is 0 Å². The number of nitrogens with one attached hydrogen (secondary N) is 1. The summed E-state index contributed by atoms with van der Waals surface area (Å²) in [6.45, 7) is 7.23. The molecule has 2 unspecified atom stereocenters. The van der Waals surface area contributed by atoms with Gasteiger partial charge in [0.1, 0.15) is 5.75 Å². The van der Waals surface area contributed by atoms with E-state index in [2.05, 4.69) is 47.2 Å².